The normalized spacial score (nSPS) is 11.8. The molecule has 0 unspecified atom stereocenters. The monoisotopic (exact) mass is 241 g/mol. The molecule has 0 fully saturated rings. The van der Waals surface area contributed by atoms with Crippen molar-refractivity contribution in [1.29, 1.82) is 0 Å². The van der Waals surface area contributed by atoms with Crippen LogP contribution in [0.2, 0.25) is 0 Å². The standard InChI is InChI=1S/C11H16BrN/c1-4-8-5-6-9(12)7-10(8)11(2,3)13/h5-7H,4,13H2,1-3H3. The van der Waals surface area contributed by atoms with E-state index in [-0.39, 0.29) is 5.54 Å². The van der Waals surface area contributed by atoms with E-state index in [0.717, 1.165) is 10.9 Å². The lowest BCUT2D eigenvalue weighted by atomic mass is 9.90. The van der Waals surface area contributed by atoms with Crippen LogP contribution in [-0.4, -0.2) is 0 Å². The minimum Gasteiger partial charge on any atom is -0.322 e. The first kappa shape index (κ1) is 10.7. The molecule has 1 rings (SSSR count). The predicted octanol–water partition coefficient (Wildman–Crippen LogP) is 3.21. The summed E-state index contributed by atoms with van der Waals surface area (Å²) < 4.78 is 1.10. The lowest BCUT2D eigenvalue weighted by Gasteiger charge is -2.22. The van der Waals surface area contributed by atoms with Crippen LogP contribution < -0.4 is 5.73 Å². The smallest absolute Gasteiger partial charge is 0.0355 e. The number of aryl methyl sites for hydroxylation is 1. The third kappa shape index (κ3) is 2.55. The summed E-state index contributed by atoms with van der Waals surface area (Å²) in [7, 11) is 0. The van der Waals surface area contributed by atoms with Gasteiger partial charge in [0.05, 0.1) is 0 Å². The molecule has 0 spiro atoms. The van der Waals surface area contributed by atoms with Gasteiger partial charge in [0.25, 0.3) is 0 Å². The van der Waals surface area contributed by atoms with Gasteiger partial charge in [0, 0.05) is 10.0 Å². The highest BCUT2D eigenvalue weighted by Crippen LogP contribution is 2.25. The molecule has 0 amide bonds. The van der Waals surface area contributed by atoms with Crippen molar-refractivity contribution in [2.75, 3.05) is 0 Å². The second-order valence-electron chi connectivity index (χ2n) is 3.88. The van der Waals surface area contributed by atoms with Crippen molar-refractivity contribution in [2.45, 2.75) is 32.7 Å². The second-order valence-corrected chi connectivity index (χ2v) is 4.79. The molecule has 0 saturated heterocycles. The highest BCUT2D eigenvalue weighted by atomic mass is 79.9. The van der Waals surface area contributed by atoms with E-state index in [1.807, 2.05) is 13.8 Å². The fourth-order valence-corrected chi connectivity index (χ4v) is 1.82. The van der Waals surface area contributed by atoms with E-state index in [1.165, 1.54) is 11.1 Å². The van der Waals surface area contributed by atoms with E-state index in [4.69, 9.17) is 5.73 Å². The Balaban J connectivity index is 3.24. The van der Waals surface area contributed by atoms with Crippen molar-refractivity contribution in [3.63, 3.8) is 0 Å². The molecule has 72 valence electrons. The van der Waals surface area contributed by atoms with E-state index >= 15 is 0 Å². The number of rotatable bonds is 2. The Kier molecular flexibility index (Phi) is 3.14. The molecule has 0 radical (unpaired) electrons. The zero-order chi connectivity index (χ0) is 10.1. The topological polar surface area (TPSA) is 26.0 Å². The average Bonchev–Trinajstić information content (AvgIpc) is 2.03. The summed E-state index contributed by atoms with van der Waals surface area (Å²) in [6.45, 7) is 6.22. The van der Waals surface area contributed by atoms with Gasteiger partial charge in [-0.15, -0.1) is 0 Å². The number of hydrogen-bond donors (Lipinski definition) is 1. The van der Waals surface area contributed by atoms with Crippen LogP contribution in [0, 0.1) is 0 Å². The highest BCUT2D eigenvalue weighted by Gasteiger charge is 2.17. The number of nitrogens with two attached hydrogens (primary N) is 1. The maximum absolute atomic E-state index is 6.08. The van der Waals surface area contributed by atoms with Gasteiger partial charge >= 0.3 is 0 Å². The molecule has 0 saturated carbocycles. The molecule has 0 heterocycles. The summed E-state index contributed by atoms with van der Waals surface area (Å²) in [4.78, 5) is 0. The van der Waals surface area contributed by atoms with Crippen molar-refractivity contribution in [1.82, 2.24) is 0 Å². The summed E-state index contributed by atoms with van der Waals surface area (Å²) in [5.41, 5.74) is 8.38. The molecule has 2 heteroatoms. The lowest BCUT2D eigenvalue weighted by molar-refractivity contribution is 0.548. The van der Waals surface area contributed by atoms with Crippen LogP contribution >= 0.6 is 15.9 Å². The summed E-state index contributed by atoms with van der Waals surface area (Å²) in [6, 6.07) is 6.31. The molecule has 0 aliphatic heterocycles. The van der Waals surface area contributed by atoms with Gasteiger partial charge in [-0.25, -0.2) is 0 Å². The maximum atomic E-state index is 6.08. The summed E-state index contributed by atoms with van der Waals surface area (Å²) in [5.74, 6) is 0. The Morgan fingerprint density at radius 2 is 2.00 bits per heavy atom. The number of benzene rings is 1. The Labute approximate surface area is 88.5 Å². The van der Waals surface area contributed by atoms with Crippen molar-refractivity contribution < 1.29 is 0 Å². The van der Waals surface area contributed by atoms with Gasteiger partial charge in [0.1, 0.15) is 0 Å². The van der Waals surface area contributed by atoms with Crippen LogP contribution in [0.15, 0.2) is 22.7 Å². The molecule has 2 N–H and O–H groups in total. The number of hydrogen-bond acceptors (Lipinski definition) is 1. The predicted molar refractivity (Wildman–Crippen MR) is 60.7 cm³/mol. The van der Waals surface area contributed by atoms with E-state index in [2.05, 4.69) is 41.1 Å². The van der Waals surface area contributed by atoms with Gasteiger partial charge < -0.3 is 5.73 Å². The van der Waals surface area contributed by atoms with Crippen molar-refractivity contribution in [3.8, 4) is 0 Å². The fraction of sp³-hybridized carbons (Fsp3) is 0.455. The van der Waals surface area contributed by atoms with Crippen LogP contribution in [0.5, 0.6) is 0 Å². The van der Waals surface area contributed by atoms with Crippen LogP contribution in [0.4, 0.5) is 0 Å². The third-order valence-corrected chi connectivity index (χ3v) is 2.64. The lowest BCUT2D eigenvalue weighted by Crippen LogP contribution is -2.30. The van der Waals surface area contributed by atoms with Crippen molar-refractivity contribution in [2.24, 2.45) is 5.73 Å². The fourth-order valence-electron chi connectivity index (χ4n) is 1.46. The first-order valence-electron chi connectivity index (χ1n) is 4.53. The minimum absolute atomic E-state index is 0.255. The Morgan fingerprint density at radius 1 is 1.38 bits per heavy atom. The Bertz CT molecular complexity index is 299. The molecule has 13 heavy (non-hydrogen) atoms. The molecule has 0 aliphatic rings. The minimum atomic E-state index is -0.255. The molecule has 1 aromatic rings. The van der Waals surface area contributed by atoms with Gasteiger partial charge in [-0.1, -0.05) is 28.9 Å². The van der Waals surface area contributed by atoms with Gasteiger partial charge in [-0.2, -0.15) is 0 Å². The molecular weight excluding hydrogens is 226 g/mol. The molecule has 1 aromatic carbocycles. The van der Waals surface area contributed by atoms with Crippen LogP contribution in [0.3, 0.4) is 0 Å². The van der Waals surface area contributed by atoms with Gasteiger partial charge in [0.2, 0.25) is 0 Å². The van der Waals surface area contributed by atoms with E-state index in [1.54, 1.807) is 0 Å². The molecule has 1 nitrogen and oxygen atoms in total. The maximum Gasteiger partial charge on any atom is 0.0355 e. The van der Waals surface area contributed by atoms with Gasteiger partial charge in [0.15, 0.2) is 0 Å². The van der Waals surface area contributed by atoms with E-state index in [9.17, 15) is 0 Å². The molecule has 0 atom stereocenters. The van der Waals surface area contributed by atoms with Crippen LogP contribution in [-0.2, 0) is 12.0 Å². The zero-order valence-corrected chi connectivity index (χ0v) is 9.98. The summed E-state index contributed by atoms with van der Waals surface area (Å²) in [5, 5.41) is 0. The first-order chi connectivity index (χ1) is 5.95. The quantitative estimate of drug-likeness (QED) is 0.846. The molecule has 0 bridgehead atoms. The summed E-state index contributed by atoms with van der Waals surface area (Å²) >= 11 is 3.46. The van der Waals surface area contributed by atoms with Crippen molar-refractivity contribution >= 4 is 15.9 Å². The highest BCUT2D eigenvalue weighted by molar-refractivity contribution is 9.10. The SMILES string of the molecule is CCc1ccc(Br)cc1C(C)(C)N. The molecule has 0 aliphatic carbocycles. The van der Waals surface area contributed by atoms with Crippen LogP contribution in [0.1, 0.15) is 31.9 Å². The van der Waals surface area contributed by atoms with E-state index < -0.39 is 0 Å². The number of halogens is 1. The summed E-state index contributed by atoms with van der Waals surface area (Å²) in [6.07, 6.45) is 1.03. The third-order valence-electron chi connectivity index (χ3n) is 2.15. The van der Waals surface area contributed by atoms with Gasteiger partial charge in [-0.05, 0) is 43.5 Å². The van der Waals surface area contributed by atoms with Crippen LogP contribution in [0.25, 0.3) is 0 Å². The first-order valence-corrected chi connectivity index (χ1v) is 5.32. The molecular formula is C11H16BrN. The largest absolute Gasteiger partial charge is 0.322 e. The Hall–Kier alpha value is -0.340. The van der Waals surface area contributed by atoms with E-state index in [0.29, 0.717) is 0 Å². The Morgan fingerprint density at radius 3 is 2.46 bits per heavy atom. The van der Waals surface area contributed by atoms with Crippen molar-refractivity contribution in [3.05, 3.63) is 33.8 Å². The average molecular weight is 242 g/mol. The van der Waals surface area contributed by atoms with Gasteiger partial charge in [-0.3, -0.25) is 0 Å². The second kappa shape index (κ2) is 3.81. The molecule has 0 aromatic heterocycles. The zero-order valence-electron chi connectivity index (χ0n) is 8.39.